The monoisotopic (exact) mass is 359 g/mol. The van der Waals surface area contributed by atoms with Crippen molar-refractivity contribution in [3.63, 3.8) is 0 Å². The number of aliphatic imine (C=N–C) groups is 1. The third kappa shape index (κ3) is 5.21. The predicted molar refractivity (Wildman–Crippen MR) is 103 cm³/mol. The highest BCUT2D eigenvalue weighted by Crippen LogP contribution is 2.26. The second-order valence-electron chi connectivity index (χ2n) is 5.64. The van der Waals surface area contributed by atoms with Crippen LogP contribution in [0.4, 0.5) is 0 Å². The number of ether oxygens (including phenoxy) is 1. The van der Waals surface area contributed by atoms with Crippen molar-refractivity contribution >= 4 is 17.6 Å². The first-order valence-corrected chi connectivity index (χ1v) is 9.61. The highest BCUT2D eigenvalue weighted by Gasteiger charge is 2.15. The molecule has 134 valence electrons. The highest BCUT2D eigenvalue weighted by molar-refractivity contribution is 7.98. The number of thioether (sulfide) groups is 1. The molecule has 0 atom stereocenters. The molecule has 0 fully saturated rings. The number of hydrogen-bond donors (Lipinski definition) is 2. The molecule has 0 saturated carbocycles. The van der Waals surface area contributed by atoms with Gasteiger partial charge in [-0.05, 0) is 62.4 Å². The van der Waals surface area contributed by atoms with E-state index in [1.54, 1.807) is 11.8 Å². The Morgan fingerprint density at radius 1 is 1.20 bits per heavy atom. The molecular formula is C19H25N3O2S. The van der Waals surface area contributed by atoms with Gasteiger partial charge in [0.2, 0.25) is 5.88 Å². The fourth-order valence-electron chi connectivity index (χ4n) is 2.36. The Bertz CT molecular complexity index is 713. The van der Waals surface area contributed by atoms with E-state index < -0.39 is 0 Å². The third-order valence-corrected chi connectivity index (χ3v) is 4.63. The maximum Gasteiger partial charge on any atom is 0.230 e. The van der Waals surface area contributed by atoms with Crippen LogP contribution in [0.15, 0.2) is 46.3 Å². The van der Waals surface area contributed by atoms with Gasteiger partial charge in [0, 0.05) is 10.6 Å². The van der Waals surface area contributed by atoms with Crippen molar-refractivity contribution in [2.75, 3.05) is 6.26 Å². The van der Waals surface area contributed by atoms with Crippen LogP contribution >= 0.6 is 11.8 Å². The lowest BCUT2D eigenvalue weighted by Crippen LogP contribution is -2.24. The van der Waals surface area contributed by atoms with Gasteiger partial charge < -0.3 is 4.74 Å². The molecule has 0 aliphatic rings. The van der Waals surface area contributed by atoms with Gasteiger partial charge in [0.1, 0.15) is 5.75 Å². The van der Waals surface area contributed by atoms with Crippen molar-refractivity contribution < 1.29 is 9.94 Å². The van der Waals surface area contributed by atoms with E-state index in [0.717, 1.165) is 23.4 Å². The van der Waals surface area contributed by atoms with E-state index in [-0.39, 0.29) is 6.04 Å². The fraction of sp³-hybridized carbons (Fsp3) is 0.368. The lowest BCUT2D eigenvalue weighted by molar-refractivity contribution is 0.233. The van der Waals surface area contributed by atoms with Crippen molar-refractivity contribution in [2.24, 2.45) is 4.99 Å². The average molecular weight is 359 g/mol. The van der Waals surface area contributed by atoms with Gasteiger partial charge in [0.05, 0.1) is 11.6 Å². The third-order valence-electron chi connectivity index (χ3n) is 3.89. The molecule has 0 radical (unpaired) electrons. The minimum Gasteiger partial charge on any atom is -0.438 e. The molecule has 0 amide bonds. The Morgan fingerprint density at radius 3 is 2.44 bits per heavy atom. The van der Waals surface area contributed by atoms with E-state index in [0.29, 0.717) is 23.0 Å². The number of aryl methyl sites for hydroxylation is 1. The number of rotatable bonds is 7. The van der Waals surface area contributed by atoms with Crippen LogP contribution in [-0.2, 0) is 0 Å². The topological polar surface area (TPSA) is 66.7 Å². The maximum absolute atomic E-state index is 9.58. The smallest absolute Gasteiger partial charge is 0.230 e. The minimum absolute atomic E-state index is 0.129. The van der Waals surface area contributed by atoms with Gasteiger partial charge in [-0.15, -0.1) is 11.8 Å². The summed E-state index contributed by atoms with van der Waals surface area (Å²) in [6, 6.07) is 11.7. The van der Waals surface area contributed by atoms with E-state index in [1.807, 2.05) is 49.6 Å². The summed E-state index contributed by atoms with van der Waals surface area (Å²) in [5, 5.41) is 9.58. The van der Waals surface area contributed by atoms with Gasteiger partial charge in [-0.3, -0.25) is 15.7 Å². The van der Waals surface area contributed by atoms with Crippen molar-refractivity contribution in [3.8, 4) is 11.6 Å². The summed E-state index contributed by atoms with van der Waals surface area (Å²) in [6.45, 7) is 6.05. The number of aromatic nitrogens is 1. The van der Waals surface area contributed by atoms with Crippen molar-refractivity contribution in [2.45, 2.75) is 44.6 Å². The van der Waals surface area contributed by atoms with Crippen molar-refractivity contribution in [3.05, 3.63) is 47.7 Å². The summed E-state index contributed by atoms with van der Waals surface area (Å²) in [4.78, 5) is 10.2. The van der Waals surface area contributed by atoms with E-state index in [2.05, 4.69) is 29.3 Å². The molecule has 0 unspecified atom stereocenters. The van der Waals surface area contributed by atoms with Crippen LogP contribution in [0, 0.1) is 6.92 Å². The van der Waals surface area contributed by atoms with Gasteiger partial charge in [0.25, 0.3) is 0 Å². The molecule has 0 bridgehead atoms. The van der Waals surface area contributed by atoms with Crippen LogP contribution in [0.1, 0.15) is 37.9 Å². The summed E-state index contributed by atoms with van der Waals surface area (Å²) in [6.07, 6.45) is 3.82. The second-order valence-corrected chi connectivity index (χ2v) is 6.52. The zero-order valence-electron chi connectivity index (χ0n) is 15.1. The van der Waals surface area contributed by atoms with Gasteiger partial charge in [0.15, 0.2) is 5.84 Å². The predicted octanol–water partition coefficient (Wildman–Crippen LogP) is 4.82. The summed E-state index contributed by atoms with van der Waals surface area (Å²) in [5.74, 6) is 1.48. The molecule has 0 spiro atoms. The van der Waals surface area contributed by atoms with Gasteiger partial charge in [-0.1, -0.05) is 13.8 Å². The molecule has 6 heteroatoms. The first-order valence-electron chi connectivity index (χ1n) is 8.39. The number of nitrogens with zero attached hydrogens (tertiary/aromatic N) is 2. The van der Waals surface area contributed by atoms with Gasteiger partial charge >= 0.3 is 0 Å². The molecular weight excluding hydrogens is 334 g/mol. The molecule has 0 aliphatic carbocycles. The molecule has 2 rings (SSSR count). The number of hydrogen-bond acceptors (Lipinski definition) is 5. The van der Waals surface area contributed by atoms with Crippen molar-refractivity contribution in [1.82, 2.24) is 10.5 Å². The summed E-state index contributed by atoms with van der Waals surface area (Å²) < 4.78 is 5.97. The highest BCUT2D eigenvalue weighted by atomic mass is 32.2. The Hall–Kier alpha value is -2.05. The lowest BCUT2D eigenvalue weighted by Gasteiger charge is -2.15. The summed E-state index contributed by atoms with van der Waals surface area (Å²) in [5.41, 5.74) is 3.67. The SMILES string of the molecule is CCC(CC)N=C(NO)c1ccc(C)nc1Oc1ccc(SC)cc1. The van der Waals surface area contributed by atoms with E-state index in [9.17, 15) is 5.21 Å². The number of hydroxylamine groups is 1. The minimum atomic E-state index is 0.129. The lowest BCUT2D eigenvalue weighted by atomic mass is 10.1. The average Bonchev–Trinajstić information content (AvgIpc) is 2.64. The molecule has 0 aliphatic heterocycles. The second kappa shape index (κ2) is 9.44. The summed E-state index contributed by atoms with van der Waals surface area (Å²) in [7, 11) is 0. The normalized spacial score (nSPS) is 11.7. The molecule has 1 heterocycles. The number of nitrogens with one attached hydrogen (secondary N) is 1. The molecule has 2 N–H and O–H groups in total. The van der Waals surface area contributed by atoms with E-state index in [4.69, 9.17) is 4.74 Å². The van der Waals surface area contributed by atoms with Crippen LogP contribution in [0.25, 0.3) is 0 Å². The van der Waals surface area contributed by atoms with Crippen LogP contribution in [-0.4, -0.2) is 28.3 Å². The van der Waals surface area contributed by atoms with Gasteiger partial charge in [-0.25, -0.2) is 4.98 Å². The summed E-state index contributed by atoms with van der Waals surface area (Å²) >= 11 is 1.68. The Kier molecular flexibility index (Phi) is 7.28. The number of amidine groups is 1. The van der Waals surface area contributed by atoms with E-state index in [1.165, 1.54) is 0 Å². The maximum atomic E-state index is 9.58. The van der Waals surface area contributed by atoms with Crippen molar-refractivity contribution in [1.29, 1.82) is 0 Å². The van der Waals surface area contributed by atoms with Crippen LogP contribution < -0.4 is 10.2 Å². The molecule has 1 aromatic carbocycles. The first kappa shape index (κ1) is 19.3. The fourth-order valence-corrected chi connectivity index (χ4v) is 2.77. The van der Waals surface area contributed by atoms with Crippen LogP contribution in [0.2, 0.25) is 0 Å². The van der Waals surface area contributed by atoms with Crippen LogP contribution in [0.3, 0.4) is 0 Å². The zero-order chi connectivity index (χ0) is 18.2. The quantitative estimate of drug-likeness (QED) is 0.321. The first-order chi connectivity index (χ1) is 12.1. The number of benzene rings is 1. The van der Waals surface area contributed by atoms with Gasteiger partial charge in [-0.2, -0.15) is 0 Å². The Balaban J connectivity index is 2.38. The standard InChI is InChI=1S/C19H25N3O2S/c1-5-14(6-2)21-18(22-23)17-12-7-13(3)20-19(17)24-15-8-10-16(25-4)11-9-15/h7-12,14,23H,5-6H2,1-4H3,(H,21,22). The molecule has 5 nitrogen and oxygen atoms in total. The molecule has 25 heavy (non-hydrogen) atoms. The van der Waals surface area contributed by atoms with E-state index >= 15 is 0 Å². The largest absolute Gasteiger partial charge is 0.438 e. The Labute approximate surface area is 153 Å². The molecule has 2 aromatic rings. The molecule has 1 aromatic heterocycles. The zero-order valence-corrected chi connectivity index (χ0v) is 15.9. The molecule has 0 saturated heterocycles. The Morgan fingerprint density at radius 2 is 1.88 bits per heavy atom. The number of pyridine rings is 1. The van der Waals surface area contributed by atoms with Crippen LogP contribution in [0.5, 0.6) is 11.6 Å².